The van der Waals surface area contributed by atoms with Crippen molar-refractivity contribution in [2.45, 2.75) is 65.9 Å². The molecule has 0 aliphatic rings. The third-order valence-electron chi connectivity index (χ3n) is 2.66. The molecule has 0 aromatic heterocycles. The topological polar surface area (TPSA) is 18.5 Å². The van der Waals surface area contributed by atoms with E-state index in [-0.39, 0.29) is 5.60 Å². The van der Waals surface area contributed by atoms with Gasteiger partial charge in [0.2, 0.25) is 0 Å². The summed E-state index contributed by atoms with van der Waals surface area (Å²) in [5, 5.41) is 0. The largest absolute Gasteiger partial charge is 0.379 e. The highest BCUT2D eigenvalue weighted by Gasteiger charge is 2.10. The van der Waals surface area contributed by atoms with Gasteiger partial charge in [-0.05, 0) is 33.1 Å². The number of hydrogen-bond acceptors (Lipinski definition) is 2. The lowest BCUT2D eigenvalue weighted by molar-refractivity contribution is -0.0398. The van der Waals surface area contributed by atoms with E-state index in [2.05, 4.69) is 34.6 Å². The molecule has 1 unspecified atom stereocenters. The van der Waals surface area contributed by atoms with Crippen molar-refractivity contribution < 1.29 is 9.47 Å². The molecule has 0 N–H and O–H groups in total. The Balaban J connectivity index is 3.41. The summed E-state index contributed by atoms with van der Waals surface area (Å²) in [7, 11) is 0. The Morgan fingerprint density at radius 3 is 2.25 bits per heavy atom. The van der Waals surface area contributed by atoms with Crippen LogP contribution in [0.15, 0.2) is 0 Å². The summed E-state index contributed by atoms with van der Waals surface area (Å²) >= 11 is 0. The maximum absolute atomic E-state index is 5.65. The molecule has 0 saturated carbocycles. The summed E-state index contributed by atoms with van der Waals surface area (Å²) in [6.07, 6.45) is 5.12. The van der Waals surface area contributed by atoms with Crippen molar-refractivity contribution in [2.75, 3.05) is 19.8 Å². The fraction of sp³-hybridized carbons (Fsp3) is 1.00. The number of rotatable bonds is 9. The molecule has 0 radical (unpaired) electrons. The molecule has 0 bridgehead atoms. The van der Waals surface area contributed by atoms with Gasteiger partial charge in [0.25, 0.3) is 0 Å². The summed E-state index contributed by atoms with van der Waals surface area (Å²) in [6, 6.07) is 0. The van der Waals surface area contributed by atoms with Crippen LogP contribution >= 0.6 is 0 Å². The van der Waals surface area contributed by atoms with Gasteiger partial charge in [0.05, 0.1) is 18.8 Å². The summed E-state index contributed by atoms with van der Waals surface area (Å²) in [4.78, 5) is 0. The predicted octanol–water partition coefficient (Wildman–Crippen LogP) is 4.03. The van der Waals surface area contributed by atoms with E-state index < -0.39 is 0 Å². The first-order valence-corrected chi connectivity index (χ1v) is 6.71. The SMILES string of the molecule is CCCCC(CC)COCCOC(C)(C)C. The van der Waals surface area contributed by atoms with Gasteiger partial charge in [0, 0.05) is 6.61 Å². The lowest BCUT2D eigenvalue weighted by Crippen LogP contribution is -2.22. The monoisotopic (exact) mass is 230 g/mol. The van der Waals surface area contributed by atoms with Crippen molar-refractivity contribution in [3.63, 3.8) is 0 Å². The van der Waals surface area contributed by atoms with E-state index in [1.54, 1.807) is 0 Å². The Hall–Kier alpha value is -0.0800. The zero-order chi connectivity index (χ0) is 12.4. The van der Waals surface area contributed by atoms with Gasteiger partial charge in [0.1, 0.15) is 0 Å². The maximum Gasteiger partial charge on any atom is 0.0707 e. The van der Waals surface area contributed by atoms with E-state index in [0.29, 0.717) is 6.61 Å². The van der Waals surface area contributed by atoms with Crippen LogP contribution in [0.2, 0.25) is 0 Å². The van der Waals surface area contributed by atoms with Crippen molar-refractivity contribution in [3.8, 4) is 0 Å². The first-order chi connectivity index (χ1) is 7.49. The van der Waals surface area contributed by atoms with Gasteiger partial charge in [0.15, 0.2) is 0 Å². The molecule has 98 valence electrons. The molecular formula is C14H30O2. The maximum atomic E-state index is 5.65. The highest BCUT2D eigenvalue weighted by Crippen LogP contribution is 2.13. The molecule has 0 aromatic rings. The van der Waals surface area contributed by atoms with Gasteiger partial charge < -0.3 is 9.47 Å². The van der Waals surface area contributed by atoms with Crippen LogP contribution in [0.1, 0.15) is 60.3 Å². The highest BCUT2D eigenvalue weighted by molar-refractivity contribution is 4.59. The average molecular weight is 230 g/mol. The molecule has 16 heavy (non-hydrogen) atoms. The number of unbranched alkanes of at least 4 members (excludes halogenated alkanes) is 1. The van der Waals surface area contributed by atoms with Gasteiger partial charge in [-0.3, -0.25) is 0 Å². The first-order valence-electron chi connectivity index (χ1n) is 6.71. The van der Waals surface area contributed by atoms with Crippen molar-refractivity contribution >= 4 is 0 Å². The van der Waals surface area contributed by atoms with Crippen LogP contribution in [0.25, 0.3) is 0 Å². The summed E-state index contributed by atoms with van der Waals surface area (Å²) in [5.74, 6) is 0.731. The Labute approximate surface area is 102 Å². The molecule has 0 rings (SSSR count). The molecule has 0 saturated heterocycles. The van der Waals surface area contributed by atoms with E-state index in [1.165, 1.54) is 25.7 Å². The molecule has 0 aliphatic carbocycles. The normalized spacial score (nSPS) is 14.1. The minimum Gasteiger partial charge on any atom is -0.379 e. The predicted molar refractivity (Wildman–Crippen MR) is 69.8 cm³/mol. The summed E-state index contributed by atoms with van der Waals surface area (Å²) in [6.45, 7) is 13.0. The fourth-order valence-corrected chi connectivity index (χ4v) is 1.55. The Kier molecular flexibility index (Phi) is 8.96. The molecule has 0 aromatic carbocycles. The molecule has 1 atom stereocenters. The first kappa shape index (κ1) is 15.9. The van der Waals surface area contributed by atoms with Gasteiger partial charge in [-0.1, -0.05) is 33.1 Å². The van der Waals surface area contributed by atoms with E-state index >= 15 is 0 Å². The molecule has 0 fully saturated rings. The van der Waals surface area contributed by atoms with Gasteiger partial charge in [-0.15, -0.1) is 0 Å². The van der Waals surface area contributed by atoms with Gasteiger partial charge >= 0.3 is 0 Å². The van der Waals surface area contributed by atoms with Crippen LogP contribution in [-0.2, 0) is 9.47 Å². The minimum absolute atomic E-state index is 0.0459. The van der Waals surface area contributed by atoms with Crippen molar-refractivity contribution in [1.82, 2.24) is 0 Å². The Morgan fingerprint density at radius 2 is 1.75 bits per heavy atom. The quantitative estimate of drug-likeness (QED) is 0.557. The van der Waals surface area contributed by atoms with E-state index in [9.17, 15) is 0 Å². The molecule has 2 heteroatoms. The van der Waals surface area contributed by atoms with Gasteiger partial charge in [-0.2, -0.15) is 0 Å². The van der Waals surface area contributed by atoms with Crippen LogP contribution in [-0.4, -0.2) is 25.4 Å². The molecule has 0 amide bonds. The highest BCUT2D eigenvalue weighted by atomic mass is 16.5. The zero-order valence-electron chi connectivity index (χ0n) is 11.8. The van der Waals surface area contributed by atoms with E-state index in [4.69, 9.17) is 9.47 Å². The third kappa shape index (κ3) is 10.4. The lowest BCUT2D eigenvalue weighted by atomic mass is 10.0. The van der Waals surface area contributed by atoms with Gasteiger partial charge in [-0.25, -0.2) is 0 Å². The standard InChI is InChI=1S/C14H30O2/c1-6-8-9-13(7-2)12-15-10-11-16-14(3,4)5/h13H,6-12H2,1-5H3. The second kappa shape index (κ2) is 9.00. The second-order valence-corrected chi connectivity index (χ2v) is 5.45. The number of ether oxygens (including phenoxy) is 2. The molecule has 0 heterocycles. The zero-order valence-corrected chi connectivity index (χ0v) is 11.8. The summed E-state index contributed by atoms with van der Waals surface area (Å²) < 4.78 is 11.3. The second-order valence-electron chi connectivity index (χ2n) is 5.45. The minimum atomic E-state index is -0.0459. The van der Waals surface area contributed by atoms with Crippen molar-refractivity contribution in [1.29, 1.82) is 0 Å². The fourth-order valence-electron chi connectivity index (χ4n) is 1.55. The lowest BCUT2D eigenvalue weighted by Gasteiger charge is -2.20. The molecule has 0 aliphatic heterocycles. The Morgan fingerprint density at radius 1 is 1.06 bits per heavy atom. The van der Waals surface area contributed by atoms with Crippen LogP contribution in [0.3, 0.4) is 0 Å². The smallest absolute Gasteiger partial charge is 0.0707 e. The molecule has 0 spiro atoms. The van der Waals surface area contributed by atoms with Crippen LogP contribution in [0.4, 0.5) is 0 Å². The Bertz CT molecular complexity index is 149. The molecular weight excluding hydrogens is 200 g/mol. The van der Waals surface area contributed by atoms with Crippen LogP contribution in [0.5, 0.6) is 0 Å². The van der Waals surface area contributed by atoms with Crippen LogP contribution < -0.4 is 0 Å². The number of hydrogen-bond donors (Lipinski definition) is 0. The van der Waals surface area contributed by atoms with Crippen LogP contribution in [0, 0.1) is 5.92 Å². The molecule has 2 nitrogen and oxygen atoms in total. The average Bonchev–Trinajstić information content (AvgIpc) is 2.20. The summed E-state index contributed by atoms with van der Waals surface area (Å²) in [5.41, 5.74) is -0.0459. The van der Waals surface area contributed by atoms with E-state index in [0.717, 1.165) is 19.1 Å². The van der Waals surface area contributed by atoms with Crippen molar-refractivity contribution in [2.24, 2.45) is 5.92 Å². The van der Waals surface area contributed by atoms with Crippen molar-refractivity contribution in [3.05, 3.63) is 0 Å². The third-order valence-corrected chi connectivity index (χ3v) is 2.66. The van der Waals surface area contributed by atoms with E-state index in [1.807, 2.05) is 0 Å².